The number of carbonyl (C=O) groups excluding carboxylic acids is 1. The van der Waals surface area contributed by atoms with Crippen LogP contribution in [0.2, 0.25) is 0 Å². The average Bonchev–Trinajstić information content (AvgIpc) is 2.46. The molecule has 0 aliphatic heterocycles. The van der Waals surface area contributed by atoms with Crippen LogP contribution in [0.15, 0.2) is 6.20 Å². The number of aromatic nitrogens is 1. The first kappa shape index (κ1) is 17.4. The summed E-state index contributed by atoms with van der Waals surface area (Å²) in [6.45, 7) is 7.29. The molecule has 6 nitrogen and oxygen atoms in total. The number of pyridine rings is 1. The molecule has 0 bridgehead atoms. The van der Waals surface area contributed by atoms with Gasteiger partial charge in [0.25, 0.3) is 0 Å². The molecule has 0 aliphatic rings. The summed E-state index contributed by atoms with van der Waals surface area (Å²) >= 11 is 0. The van der Waals surface area contributed by atoms with Crippen LogP contribution in [-0.2, 0) is 16.1 Å². The van der Waals surface area contributed by atoms with Crippen LogP contribution in [0.1, 0.15) is 23.7 Å². The van der Waals surface area contributed by atoms with E-state index in [-0.39, 0.29) is 11.9 Å². The highest BCUT2D eigenvalue weighted by Crippen LogP contribution is 2.23. The first-order valence-electron chi connectivity index (χ1n) is 7.00. The standard InChI is InChI=1S/C15H25N3O3/c1-10-8-18-13(11(2)14(10)21-5)9-17-12(3)15(19)16-6-7-20-4/h8,12,17H,6-7,9H2,1-5H3,(H,16,19). The molecule has 0 spiro atoms. The Morgan fingerprint density at radius 3 is 2.71 bits per heavy atom. The number of methoxy groups -OCH3 is 2. The van der Waals surface area contributed by atoms with Gasteiger partial charge >= 0.3 is 0 Å². The number of ether oxygens (including phenoxy) is 2. The van der Waals surface area contributed by atoms with E-state index in [2.05, 4.69) is 15.6 Å². The van der Waals surface area contributed by atoms with E-state index in [9.17, 15) is 4.79 Å². The maximum atomic E-state index is 11.8. The molecule has 1 aromatic rings. The molecule has 0 fully saturated rings. The third kappa shape index (κ3) is 4.99. The highest BCUT2D eigenvalue weighted by Gasteiger charge is 2.14. The number of carbonyl (C=O) groups is 1. The second kappa shape index (κ2) is 8.59. The van der Waals surface area contributed by atoms with Crippen LogP contribution < -0.4 is 15.4 Å². The van der Waals surface area contributed by atoms with Gasteiger partial charge in [0.15, 0.2) is 0 Å². The molecule has 1 heterocycles. The van der Waals surface area contributed by atoms with Crippen molar-refractivity contribution in [1.29, 1.82) is 0 Å². The summed E-state index contributed by atoms with van der Waals surface area (Å²) in [4.78, 5) is 16.2. The first-order chi connectivity index (χ1) is 10.0. The Kier molecular flexibility index (Phi) is 7.11. The third-order valence-corrected chi connectivity index (χ3v) is 3.32. The number of aryl methyl sites for hydroxylation is 1. The number of rotatable bonds is 8. The number of nitrogens with zero attached hydrogens (tertiary/aromatic N) is 1. The SMILES string of the molecule is COCCNC(=O)C(C)NCc1ncc(C)c(OC)c1C. The molecule has 21 heavy (non-hydrogen) atoms. The van der Waals surface area contributed by atoms with E-state index in [0.717, 1.165) is 22.6 Å². The van der Waals surface area contributed by atoms with Crippen molar-refractivity contribution in [3.05, 3.63) is 23.0 Å². The van der Waals surface area contributed by atoms with Crippen molar-refractivity contribution < 1.29 is 14.3 Å². The predicted molar refractivity (Wildman–Crippen MR) is 81.5 cm³/mol. The van der Waals surface area contributed by atoms with Gasteiger partial charge in [0.2, 0.25) is 5.91 Å². The zero-order valence-corrected chi connectivity index (χ0v) is 13.4. The maximum absolute atomic E-state index is 11.8. The van der Waals surface area contributed by atoms with Crippen LogP contribution in [0, 0.1) is 13.8 Å². The Morgan fingerprint density at radius 2 is 2.10 bits per heavy atom. The smallest absolute Gasteiger partial charge is 0.236 e. The predicted octanol–water partition coefficient (Wildman–Crippen LogP) is 0.948. The van der Waals surface area contributed by atoms with Crippen LogP contribution in [0.5, 0.6) is 5.75 Å². The molecule has 1 amide bonds. The Hall–Kier alpha value is -1.66. The van der Waals surface area contributed by atoms with E-state index >= 15 is 0 Å². The molecular weight excluding hydrogens is 270 g/mol. The van der Waals surface area contributed by atoms with Crippen LogP contribution in [0.3, 0.4) is 0 Å². The van der Waals surface area contributed by atoms with Gasteiger partial charge in [-0.15, -0.1) is 0 Å². The molecule has 2 N–H and O–H groups in total. The minimum atomic E-state index is -0.296. The molecule has 0 aliphatic carbocycles. The molecule has 1 unspecified atom stereocenters. The van der Waals surface area contributed by atoms with Gasteiger partial charge in [-0.25, -0.2) is 0 Å². The van der Waals surface area contributed by atoms with Crippen LogP contribution in [-0.4, -0.2) is 44.3 Å². The van der Waals surface area contributed by atoms with E-state index in [1.165, 1.54) is 0 Å². The maximum Gasteiger partial charge on any atom is 0.236 e. The van der Waals surface area contributed by atoms with Gasteiger partial charge in [0.05, 0.1) is 25.5 Å². The molecule has 1 atom stereocenters. The van der Waals surface area contributed by atoms with Gasteiger partial charge in [0.1, 0.15) is 5.75 Å². The fraction of sp³-hybridized carbons (Fsp3) is 0.600. The normalized spacial score (nSPS) is 12.0. The van der Waals surface area contributed by atoms with Gasteiger partial charge in [-0.2, -0.15) is 0 Å². The monoisotopic (exact) mass is 295 g/mol. The van der Waals surface area contributed by atoms with Gasteiger partial charge in [-0.1, -0.05) is 0 Å². The van der Waals surface area contributed by atoms with Crippen molar-refractivity contribution in [2.75, 3.05) is 27.4 Å². The molecule has 6 heteroatoms. The Labute approximate surface area is 126 Å². The zero-order chi connectivity index (χ0) is 15.8. The van der Waals surface area contributed by atoms with Crippen molar-refractivity contribution in [3.8, 4) is 5.75 Å². The summed E-state index contributed by atoms with van der Waals surface area (Å²) in [5.41, 5.74) is 2.88. The lowest BCUT2D eigenvalue weighted by atomic mass is 10.1. The highest BCUT2D eigenvalue weighted by molar-refractivity contribution is 5.81. The van der Waals surface area contributed by atoms with Crippen LogP contribution in [0.25, 0.3) is 0 Å². The third-order valence-electron chi connectivity index (χ3n) is 3.32. The van der Waals surface area contributed by atoms with Gasteiger partial charge in [-0.05, 0) is 20.8 Å². The van der Waals surface area contributed by atoms with E-state index in [0.29, 0.717) is 19.7 Å². The molecule has 0 saturated carbocycles. The Balaban J connectivity index is 2.57. The summed E-state index contributed by atoms with van der Waals surface area (Å²) in [7, 11) is 3.26. The molecule has 1 aromatic heterocycles. The van der Waals surface area contributed by atoms with E-state index < -0.39 is 0 Å². The number of nitrogens with one attached hydrogen (secondary N) is 2. The Bertz CT molecular complexity index is 477. The summed E-state index contributed by atoms with van der Waals surface area (Å²) < 4.78 is 10.3. The number of hydrogen-bond donors (Lipinski definition) is 2. The molecule has 0 aromatic carbocycles. The lowest BCUT2D eigenvalue weighted by molar-refractivity contribution is -0.123. The fourth-order valence-electron chi connectivity index (χ4n) is 2.02. The molecule has 118 valence electrons. The minimum Gasteiger partial charge on any atom is -0.496 e. The lowest BCUT2D eigenvalue weighted by Crippen LogP contribution is -2.43. The second-order valence-electron chi connectivity index (χ2n) is 4.93. The van der Waals surface area contributed by atoms with Crippen molar-refractivity contribution in [2.45, 2.75) is 33.4 Å². The van der Waals surface area contributed by atoms with Crippen molar-refractivity contribution in [1.82, 2.24) is 15.6 Å². The fourth-order valence-corrected chi connectivity index (χ4v) is 2.02. The zero-order valence-electron chi connectivity index (χ0n) is 13.4. The van der Waals surface area contributed by atoms with Gasteiger partial charge in [-0.3, -0.25) is 9.78 Å². The topological polar surface area (TPSA) is 72.5 Å². The van der Waals surface area contributed by atoms with E-state index in [1.807, 2.05) is 20.8 Å². The lowest BCUT2D eigenvalue weighted by Gasteiger charge is -2.16. The minimum absolute atomic E-state index is 0.0521. The van der Waals surface area contributed by atoms with Gasteiger partial charge < -0.3 is 20.1 Å². The summed E-state index contributed by atoms with van der Waals surface area (Å²) in [5.74, 6) is 0.794. The van der Waals surface area contributed by atoms with Crippen molar-refractivity contribution in [2.24, 2.45) is 0 Å². The molecule has 0 saturated heterocycles. The molecular formula is C15H25N3O3. The average molecular weight is 295 g/mol. The van der Waals surface area contributed by atoms with E-state index in [1.54, 1.807) is 20.4 Å². The van der Waals surface area contributed by atoms with Crippen LogP contribution >= 0.6 is 0 Å². The number of hydrogen-bond acceptors (Lipinski definition) is 5. The van der Waals surface area contributed by atoms with Crippen molar-refractivity contribution >= 4 is 5.91 Å². The molecule has 1 rings (SSSR count). The highest BCUT2D eigenvalue weighted by atomic mass is 16.5. The van der Waals surface area contributed by atoms with Crippen molar-refractivity contribution in [3.63, 3.8) is 0 Å². The molecule has 0 radical (unpaired) electrons. The number of amides is 1. The van der Waals surface area contributed by atoms with Gasteiger partial charge in [0, 0.05) is 37.5 Å². The largest absolute Gasteiger partial charge is 0.496 e. The van der Waals surface area contributed by atoms with Crippen LogP contribution in [0.4, 0.5) is 0 Å². The first-order valence-corrected chi connectivity index (χ1v) is 7.00. The summed E-state index contributed by atoms with van der Waals surface area (Å²) in [6, 6.07) is -0.296. The summed E-state index contributed by atoms with van der Waals surface area (Å²) in [5, 5.41) is 5.96. The van der Waals surface area contributed by atoms with E-state index in [4.69, 9.17) is 9.47 Å². The summed E-state index contributed by atoms with van der Waals surface area (Å²) in [6.07, 6.45) is 1.78. The Morgan fingerprint density at radius 1 is 1.38 bits per heavy atom. The quantitative estimate of drug-likeness (QED) is 0.699. The second-order valence-corrected chi connectivity index (χ2v) is 4.93.